The number of benzene rings is 1. The van der Waals surface area contributed by atoms with E-state index < -0.39 is 18.2 Å². The molecule has 172 valence electrons. The summed E-state index contributed by atoms with van der Waals surface area (Å²) >= 11 is 0. The molecular weight excluding hydrogens is 443 g/mol. The Balaban J connectivity index is 1.18. The third-order valence-electron chi connectivity index (χ3n) is 5.37. The van der Waals surface area contributed by atoms with Gasteiger partial charge in [0, 0.05) is 37.9 Å². The highest BCUT2D eigenvalue weighted by molar-refractivity contribution is 5.82. The molecule has 2 aliphatic heterocycles. The van der Waals surface area contributed by atoms with Crippen LogP contribution in [-0.4, -0.2) is 64.8 Å². The monoisotopic (exact) mass is 461 g/mol. The number of pyridine rings is 1. The van der Waals surface area contributed by atoms with Crippen molar-refractivity contribution in [1.82, 2.24) is 20.0 Å². The van der Waals surface area contributed by atoms with Crippen LogP contribution in [0.25, 0.3) is 11.4 Å². The van der Waals surface area contributed by atoms with Crippen molar-refractivity contribution < 1.29 is 32.0 Å². The number of alkyl halides is 3. The number of nitrogens with zero attached hydrogens (tertiary/aromatic N) is 5. The minimum Gasteiger partial charge on any atom is -0.485 e. The van der Waals surface area contributed by atoms with Crippen LogP contribution in [0.5, 0.6) is 11.5 Å². The van der Waals surface area contributed by atoms with Crippen molar-refractivity contribution in [2.45, 2.75) is 12.3 Å². The molecule has 0 radical (unpaired) electrons. The van der Waals surface area contributed by atoms with Gasteiger partial charge in [-0.2, -0.15) is 18.2 Å². The number of piperazine rings is 1. The molecule has 1 atom stereocenters. The van der Waals surface area contributed by atoms with Crippen molar-refractivity contribution in [3.63, 3.8) is 0 Å². The smallest absolute Gasteiger partial charge is 0.471 e. The fraction of sp³-hybridized carbons (Fsp3) is 0.333. The summed E-state index contributed by atoms with van der Waals surface area (Å²) in [7, 11) is 0. The number of para-hydroxylation sites is 2. The molecule has 3 aromatic rings. The molecule has 12 heteroatoms. The van der Waals surface area contributed by atoms with Crippen LogP contribution in [0.3, 0.4) is 0 Å². The standard InChI is InChI=1S/C21H18F3N5O4/c22-21(23,24)20-26-18(27-33-20)13-5-6-17(25-11-13)28-7-9-29(10-8-28)19(30)16-12-31-14-3-1-2-4-15(14)32-16/h1-6,11,16H,7-10,12H2. The van der Waals surface area contributed by atoms with E-state index in [9.17, 15) is 18.0 Å². The molecule has 0 N–H and O–H groups in total. The number of carbonyl (C=O) groups is 1. The lowest BCUT2D eigenvalue weighted by Gasteiger charge is -2.37. The fourth-order valence-electron chi connectivity index (χ4n) is 3.66. The predicted octanol–water partition coefficient (Wildman–Crippen LogP) is 2.64. The molecule has 0 saturated carbocycles. The second-order valence-corrected chi connectivity index (χ2v) is 7.50. The average molecular weight is 461 g/mol. The Morgan fingerprint density at radius 3 is 2.45 bits per heavy atom. The van der Waals surface area contributed by atoms with E-state index in [1.807, 2.05) is 17.0 Å². The van der Waals surface area contributed by atoms with Crippen molar-refractivity contribution in [2.75, 3.05) is 37.7 Å². The third kappa shape index (κ3) is 4.28. The van der Waals surface area contributed by atoms with Crippen LogP contribution < -0.4 is 14.4 Å². The Kier molecular flexibility index (Phi) is 5.27. The number of halogens is 3. The van der Waals surface area contributed by atoms with Gasteiger partial charge in [-0.1, -0.05) is 17.3 Å². The fourth-order valence-corrected chi connectivity index (χ4v) is 3.66. The van der Waals surface area contributed by atoms with Gasteiger partial charge >= 0.3 is 12.1 Å². The second kappa shape index (κ2) is 8.26. The summed E-state index contributed by atoms with van der Waals surface area (Å²) in [6.45, 7) is 2.20. The maximum absolute atomic E-state index is 12.9. The lowest BCUT2D eigenvalue weighted by atomic mass is 10.2. The molecule has 1 amide bonds. The molecular formula is C21H18F3N5O4. The van der Waals surface area contributed by atoms with E-state index in [4.69, 9.17) is 9.47 Å². The Labute approximate surface area is 185 Å². The molecule has 5 rings (SSSR count). The molecule has 1 saturated heterocycles. The van der Waals surface area contributed by atoms with Crippen LogP contribution in [0.15, 0.2) is 47.1 Å². The van der Waals surface area contributed by atoms with E-state index in [0.29, 0.717) is 49.1 Å². The summed E-state index contributed by atoms with van der Waals surface area (Å²) in [5.41, 5.74) is 0.307. The van der Waals surface area contributed by atoms with Crippen molar-refractivity contribution in [3.8, 4) is 22.9 Å². The van der Waals surface area contributed by atoms with Gasteiger partial charge in [0.2, 0.25) is 11.9 Å². The van der Waals surface area contributed by atoms with Gasteiger partial charge in [-0.05, 0) is 24.3 Å². The van der Waals surface area contributed by atoms with E-state index in [2.05, 4.69) is 19.6 Å². The number of hydrogen-bond donors (Lipinski definition) is 0. The zero-order chi connectivity index (χ0) is 23.0. The first-order valence-electron chi connectivity index (χ1n) is 10.2. The van der Waals surface area contributed by atoms with Crippen molar-refractivity contribution in [1.29, 1.82) is 0 Å². The Hall–Kier alpha value is -3.83. The molecule has 9 nitrogen and oxygen atoms in total. The van der Waals surface area contributed by atoms with Crippen LogP contribution in [0.4, 0.5) is 19.0 Å². The number of aromatic nitrogens is 3. The number of anilines is 1. The summed E-state index contributed by atoms with van der Waals surface area (Å²) < 4.78 is 53.6. The molecule has 2 aliphatic rings. The topological polar surface area (TPSA) is 93.8 Å². The molecule has 4 heterocycles. The first kappa shape index (κ1) is 21.0. The first-order valence-corrected chi connectivity index (χ1v) is 10.2. The van der Waals surface area contributed by atoms with Crippen molar-refractivity contribution >= 4 is 11.7 Å². The minimum atomic E-state index is -4.70. The molecule has 0 aliphatic carbocycles. The maximum atomic E-state index is 12.9. The van der Waals surface area contributed by atoms with Crippen molar-refractivity contribution in [3.05, 3.63) is 48.5 Å². The summed E-state index contributed by atoms with van der Waals surface area (Å²) in [5.74, 6) is 0.0817. The van der Waals surface area contributed by atoms with Crippen molar-refractivity contribution in [2.24, 2.45) is 0 Å². The maximum Gasteiger partial charge on any atom is 0.471 e. The predicted molar refractivity (Wildman–Crippen MR) is 108 cm³/mol. The largest absolute Gasteiger partial charge is 0.485 e. The van der Waals surface area contributed by atoms with E-state index in [1.54, 1.807) is 29.2 Å². The van der Waals surface area contributed by atoms with Gasteiger partial charge in [0.15, 0.2) is 11.5 Å². The normalized spacial score (nSPS) is 18.3. The Morgan fingerprint density at radius 2 is 1.79 bits per heavy atom. The molecule has 2 aromatic heterocycles. The molecule has 1 aromatic carbocycles. The first-order chi connectivity index (χ1) is 15.9. The quantitative estimate of drug-likeness (QED) is 0.588. The van der Waals surface area contributed by atoms with Crippen LogP contribution in [0.1, 0.15) is 5.89 Å². The zero-order valence-electron chi connectivity index (χ0n) is 17.2. The number of ether oxygens (including phenoxy) is 2. The van der Waals surface area contributed by atoms with Crippen LogP contribution in [0, 0.1) is 0 Å². The van der Waals surface area contributed by atoms with Gasteiger partial charge in [0.1, 0.15) is 12.4 Å². The average Bonchev–Trinajstić information content (AvgIpc) is 3.35. The summed E-state index contributed by atoms with van der Waals surface area (Å²) in [4.78, 5) is 24.2. The van der Waals surface area contributed by atoms with E-state index in [1.165, 1.54) is 6.20 Å². The number of carbonyl (C=O) groups excluding carboxylic acids is 1. The van der Waals surface area contributed by atoms with E-state index >= 15 is 0 Å². The van der Waals surface area contributed by atoms with E-state index in [0.717, 1.165) is 0 Å². The van der Waals surface area contributed by atoms with E-state index in [-0.39, 0.29) is 18.3 Å². The van der Waals surface area contributed by atoms with Crippen LogP contribution in [0.2, 0.25) is 0 Å². The highest BCUT2D eigenvalue weighted by atomic mass is 19.4. The Morgan fingerprint density at radius 1 is 1.03 bits per heavy atom. The number of hydrogen-bond acceptors (Lipinski definition) is 8. The van der Waals surface area contributed by atoms with Gasteiger partial charge in [-0.15, -0.1) is 0 Å². The molecule has 0 bridgehead atoms. The molecule has 1 fully saturated rings. The third-order valence-corrected chi connectivity index (χ3v) is 5.37. The SMILES string of the molecule is O=C(C1COc2ccccc2O1)N1CCN(c2ccc(-c3noc(C(F)(F)F)n3)cn2)CC1. The lowest BCUT2D eigenvalue weighted by Crippen LogP contribution is -2.54. The van der Waals surface area contributed by atoms with Gasteiger partial charge in [0.25, 0.3) is 5.91 Å². The van der Waals surface area contributed by atoms with Gasteiger partial charge in [-0.3, -0.25) is 4.79 Å². The summed E-state index contributed by atoms with van der Waals surface area (Å²) in [6, 6.07) is 10.5. The van der Waals surface area contributed by atoms with Gasteiger partial charge in [-0.25, -0.2) is 4.98 Å². The number of rotatable bonds is 3. The lowest BCUT2D eigenvalue weighted by molar-refractivity contribution is -0.159. The molecule has 33 heavy (non-hydrogen) atoms. The van der Waals surface area contributed by atoms with Crippen LogP contribution in [-0.2, 0) is 11.0 Å². The van der Waals surface area contributed by atoms with Gasteiger partial charge in [0.05, 0.1) is 0 Å². The Bertz CT molecular complexity index is 1140. The van der Waals surface area contributed by atoms with Crippen LogP contribution >= 0.6 is 0 Å². The second-order valence-electron chi connectivity index (χ2n) is 7.50. The minimum absolute atomic E-state index is 0.134. The highest BCUT2D eigenvalue weighted by Crippen LogP contribution is 2.32. The summed E-state index contributed by atoms with van der Waals surface area (Å²) in [6.07, 6.45) is -4.00. The zero-order valence-corrected chi connectivity index (χ0v) is 17.2. The number of amides is 1. The molecule has 1 unspecified atom stereocenters. The van der Waals surface area contributed by atoms with Gasteiger partial charge < -0.3 is 23.8 Å². The number of fused-ring (bicyclic) bond motifs is 1. The summed E-state index contributed by atoms with van der Waals surface area (Å²) in [5, 5.41) is 3.36. The highest BCUT2D eigenvalue weighted by Gasteiger charge is 2.38. The molecule has 0 spiro atoms.